The van der Waals surface area contributed by atoms with Gasteiger partial charge < -0.3 is 18.9 Å². The first kappa shape index (κ1) is 58.7. The fraction of sp³-hybridized carbons (Fsp3) is 0. The SMILES string of the molecule is Brc1ccc(-c2ccc3c(ccc4ccccc43)c2)cc1.OB(O)c1c2ccccc2c(-c2ccc3oc4ccccc4c3c2)c2ccccc12.c1ccc2c(c1)ccc1cc(-c3ccc(-c4c5ccccc5c(-c5ccc6oc7ccccc7c6c5)c5ccccc45)cc3)ccc12. The van der Waals surface area contributed by atoms with Crippen molar-refractivity contribution in [3.63, 3.8) is 0 Å². The highest BCUT2D eigenvalue weighted by molar-refractivity contribution is 9.10. The molecule has 0 saturated heterocycles. The summed E-state index contributed by atoms with van der Waals surface area (Å²) in [4.78, 5) is 0. The van der Waals surface area contributed by atoms with E-state index in [1.165, 1.54) is 109 Å². The van der Waals surface area contributed by atoms with E-state index in [2.05, 4.69) is 271 Å². The van der Waals surface area contributed by atoms with Crippen LogP contribution in [0.5, 0.6) is 0 Å². The van der Waals surface area contributed by atoms with Gasteiger partial charge in [0.2, 0.25) is 0 Å². The van der Waals surface area contributed by atoms with Gasteiger partial charge in [-0.25, -0.2) is 0 Å². The molecule has 0 aliphatic rings. The Morgan fingerprint density at radius 1 is 0.204 bits per heavy atom. The summed E-state index contributed by atoms with van der Waals surface area (Å²) >= 11 is 3.48. The summed E-state index contributed by atoms with van der Waals surface area (Å²) in [6.45, 7) is 0. The molecule has 2 heterocycles. The van der Waals surface area contributed by atoms with Gasteiger partial charge in [-0.2, -0.15) is 0 Å². The molecule has 6 heteroatoms. The molecule has 0 aliphatic heterocycles. The predicted octanol–water partition coefficient (Wildman–Crippen LogP) is 24.9. The van der Waals surface area contributed by atoms with Gasteiger partial charge in [-0.15, -0.1) is 0 Å². The van der Waals surface area contributed by atoms with E-state index in [0.29, 0.717) is 5.46 Å². The number of benzene rings is 18. The zero-order valence-corrected chi connectivity index (χ0v) is 54.6. The zero-order valence-electron chi connectivity index (χ0n) is 53.0. The van der Waals surface area contributed by atoms with E-state index < -0.39 is 7.12 Å². The molecule has 4 nitrogen and oxygen atoms in total. The molecule has 0 amide bonds. The Bertz CT molecular complexity index is 6430. The molecule has 98 heavy (non-hydrogen) atoms. The van der Waals surface area contributed by atoms with E-state index in [0.717, 1.165) is 81.0 Å². The highest BCUT2D eigenvalue weighted by atomic mass is 79.9. The molecule has 0 spiro atoms. The van der Waals surface area contributed by atoms with Gasteiger partial charge in [-0.3, -0.25) is 0 Å². The van der Waals surface area contributed by atoms with E-state index in [1.807, 2.05) is 84.9 Å². The van der Waals surface area contributed by atoms with Gasteiger partial charge in [0.25, 0.3) is 0 Å². The van der Waals surface area contributed by atoms with Crippen molar-refractivity contribution in [3.8, 4) is 55.6 Å². The Kier molecular flexibility index (Phi) is 14.6. The minimum atomic E-state index is -1.55. The standard InChI is InChI=1S/C46H28O.C26H17BO3.C20H13Br/c1-2-10-35-30(9-1)19-22-33-27-32(23-25-36(33)35)29-17-20-31(21-18-29)45-38-12-3-5-14-40(38)46(41-15-6-4-13-39(41)45)34-24-26-44-42(28-34)37-11-7-8-16-43(37)47-44;28-27(29)26-20-10-3-1-8-18(20)25(19-9-2-4-11-21(19)26)16-13-14-24-22(15-16)17-7-5-6-12-23(17)30-24;21-18-10-7-14(8-11-18)16-9-12-20-17(13-16)6-5-15-3-1-2-4-19(15)20/h1-28H;1-15,28-29H;1-13H. The van der Waals surface area contributed by atoms with Gasteiger partial charge >= 0.3 is 7.12 Å². The van der Waals surface area contributed by atoms with E-state index in [-0.39, 0.29) is 0 Å². The van der Waals surface area contributed by atoms with Crippen molar-refractivity contribution in [1.29, 1.82) is 0 Å². The van der Waals surface area contributed by atoms with Crippen LogP contribution in [0.25, 0.3) is 186 Å². The Balaban J connectivity index is 0.000000116. The molecular weight excluding hydrogens is 1260 g/mol. The maximum absolute atomic E-state index is 10.2. The van der Waals surface area contributed by atoms with Gasteiger partial charge in [0.05, 0.1) is 0 Å². The Labute approximate surface area is 573 Å². The van der Waals surface area contributed by atoms with E-state index in [9.17, 15) is 10.0 Å². The van der Waals surface area contributed by atoms with Crippen LogP contribution in [-0.2, 0) is 0 Å². The van der Waals surface area contributed by atoms with E-state index in [4.69, 9.17) is 8.83 Å². The highest BCUT2D eigenvalue weighted by Crippen LogP contribution is 2.46. The molecule has 18 aromatic carbocycles. The number of fused-ring (bicyclic) bond motifs is 16. The van der Waals surface area contributed by atoms with Crippen LogP contribution >= 0.6 is 15.9 Å². The maximum atomic E-state index is 10.2. The van der Waals surface area contributed by atoms with Crippen LogP contribution in [0.15, 0.2) is 353 Å². The first-order chi connectivity index (χ1) is 48.3. The molecule has 0 unspecified atom stereocenters. The average Bonchev–Trinajstić information content (AvgIpc) is 0.764. The average molecular weight is 1320 g/mol. The minimum Gasteiger partial charge on any atom is -0.456 e. The topological polar surface area (TPSA) is 66.7 Å². The maximum Gasteiger partial charge on any atom is 0.489 e. The second-order valence-corrected chi connectivity index (χ2v) is 26.2. The minimum absolute atomic E-state index is 0.541. The lowest BCUT2D eigenvalue weighted by atomic mass is 9.72. The lowest BCUT2D eigenvalue weighted by molar-refractivity contribution is 0.426. The first-order valence-electron chi connectivity index (χ1n) is 33.1. The third kappa shape index (κ3) is 10.2. The number of halogens is 1. The molecule has 460 valence electrons. The third-order valence-corrected chi connectivity index (χ3v) is 20.2. The van der Waals surface area contributed by atoms with Crippen LogP contribution in [0.2, 0.25) is 0 Å². The van der Waals surface area contributed by atoms with Crippen molar-refractivity contribution < 1.29 is 18.9 Å². The zero-order chi connectivity index (χ0) is 65.4. The summed E-state index contributed by atoms with van der Waals surface area (Å²) in [5.41, 5.74) is 16.1. The number of furan rings is 2. The van der Waals surface area contributed by atoms with Gasteiger partial charge in [0, 0.05) is 26.0 Å². The van der Waals surface area contributed by atoms with Crippen molar-refractivity contribution in [2.75, 3.05) is 0 Å². The molecule has 0 atom stereocenters. The molecule has 0 saturated carbocycles. The molecule has 0 fully saturated rings. The quantitative estimate of drug-likeness (QED) is 0.0989. The van der Waals surface area contributed by atoms with Crippen LogP contribution in [0.3, 0.4) is 0 Å². The smallest absolute Gasteiger partial charge is 0.456 e. The van der Waals surface area contributed by atoms with Crippen molar-refractivity contribution in [1.82, 2.24) is 0 Å². The van der Waals surface area contributed by atoms with Gasteiger partial charge in [-0.05, 0) is 208 Å². The second-order valence-electron chi connectivity index (χ2n) is 25.2. The van der Waals surface area contributed by atoms with Gasteiger partial charge in [-0.1, -0.05) is 295 Å². The third-order valence-electron chi connectivity index (χ3n) is 19.7. The molecule has 0 aliphatic carbocycles. The first-order valence-corrected chi connectivity index (χ1v) is 33.9. The fourth-order valence-electron chi connectivity index (χ4n) is 15.1. The van der Waals surface area contributed by atoms with Crippen LogP contribution < -0.4 is 5.46 Å². The van der Waals surface area contributed by atoms with E-state index >= 15 is 0 Å². The van der Waals surface area contributed by atoms with Gasteiger partial charge in [0.15, 0.2) is 0 Å². The van der Waals surface area contributed by atoms with Crippen LogP contribution in [-0.4, -0.2) is 17.2 Å². The summed E-state index contributed by atoms with van der Waals surface area (Å²) in [7, 11) is -1.55. The Hall–Kier alpha value is -11.9. The lowest BCUT2D eigenvalue weighted by Crippen LogP contribution is -2.31. The van der Waals surface area contributed by atoms with Crippen molar-refractivity contribution in [3.05, 3.63) is 344 Å². The van der Waals surface area contributed by atoms with Crippen LogP contribution in [0.1, 0.15) is 0 Å². The Morgan fingerprint density at radius 2 is 0.490 bits per heavy atom. The number of hydrogen-bond donors (Lipinski definition) is 2. The second kappa shape index (κ2) is 24.4. The van der Waals surface area contributed by atoms with Crippen molar-refractivity contribution in [2.24, 2.45) is 0 Å². The molecule has 20 aromatic rings. The fourth-order valence-corrected chi connectivity index (χ4v) is 15.4. The molecular formula is C92H58BBrO4. The van der Waals surface area contributed by atoms with Crippen molar-refractivity contribution >= 4 is 159 Å². The molecule has 0 radical (unpaired) electrons. The molecule has 2 N–H and O–H groups in total. The summed E-state index contributed by atoms with van der Waals surface area (Å²) in [5, 5.41) is 43.8. The summed E-state index contributed by atoms with van der Waals surface area (Å²) < 4.78 is 13.3. The summed E-state index contributed by atoms with van der Waals surface area (Å²) in [5.74, 6) is 0. The largest absolute Gasteiger partial charge is 0.489 e. The van der Waals surface area contributed by atoms with Crippen LogP contribution in [0.4, 0.5) is 0 Å². The number of hydrogen-bond acceptors (Lipinski definition) is 4. The Morgan fingerprint density at radius 3 is 0.908 bits per heavy atom. The number of para-hydroxylation sites is 2. The lowest BCUT2D eigenvalue weighted by Gasteiger charge is -2.18. The van der Waals surface area contributed by atoms with Crippen molar-refractivity contribution in [2.45, 2.75) is 0 Å². The van der Waals surface area contributed by atoms with E-state index in [1.54, 1.807) is 0 Å². The summed E-state index contributed by atoms with van der Waals surface area (Å²) in [6.07, 6.45) is 0. The predicted molar refractivity (Wildman–Crippen MR) is 419 cm³/mol. The van der Waals surface area contributed by atoms with Gasteiger partial charge in [0.1, 0.15) is 22.3 Å². The molecule has 2 aromatic heterocycles. The molecule has 0 bridgehead atoms. The summed E-state index contributed by atoms with van der Waals surface area (Å²) in [6, 6.07) is 120. The normalized spacial score (nSPS) is 11.6. The molecule has 20 rings (SSSR count). The van der Waals surface area contributed by atoms with Crippen LogP contribution in [0, 0.1) is 0 Å². The highest BCUT2D eigenvalue weighted by Gasteiger charge is 2.24. The monoisotopic (exact) mass is 1320 g/mol. The number of rotatable bonds is 6.